The number of nitrogens with one attached hydrogen (secondary N) is 1. The summed E-state index contributed by atoms with van der Waals surface area (Å²) in [7, 11) is 0. The highest BCUT2D eigenvalue weighted by Gasteiger charge is 2.01. The summed E-state index contributed by atoms with van der Waals surface area (Å²) >= 11 is 5.61. The molecule has 0 unspecified atom stereocenters. The highest BCUT2D eigenvalue weighted by atomic mass is 35.5. The van der Waals surface area contributed by atoms with E-state index >= 15 is 0 Å². The first kappa shape index (κ1) is 10.8. The Bertz CT molecular complexity index is 468. The van der Waals surface area contributed by atoms with Crippen LogP contribution in [0.25, 0.3) is 0 Å². The average molecular weight is 221 g/mol. The molecule has 5 nitrogen and oxygen atoms in total. The predicted molar refractivity (Wildman–Crippen MR) is 55.4 cm³/mol. The fraction of sp³-hybridized carbons (Fsp3) is 0. The Hall–Kier alpha value is -2.24. The summed E-state index contributed by atoms with van der Waals surface area (Å²) in [4.78, 5) is 0. The molecule has 0 fully saturated rings. The zero-order valence-corrected chi connectivity index (χ0v) is 8.15. The molecular formula is C9H5ClN4O. The van der Waals surface area contributed by atoms with Gasteiger partial charge in [0.1, 0.15) is 17.9 Å². The highest BCUT2D eigenvalue weighted by Crippen LogP contribution is 2.26. The van der Waals surface area contributed by atoms with E-state index in [1.54, 1.807) is 12.1 Å². The summed E-state index contributed by atoms with van der Waals surface area (Å²) in [6, 6.07) is 7.48. The molecule has 0 aliphatic rings. The first-order chi connectivity index (χ1) is 7.17. The Kier molecular flexibility index (Phi) is 3.50. The molecular weight excluding hydrogens is 216 g/mol. The molecule has 0 radical (unpaired) electrons. The third-order valence-corrected chi connectivity index (χ3v) is 1.69. The first-order valence-electron chi connectivity index (χ1n) is 3.80. The van der Waals surface area contributed by atoms with Crippen LogP contribution in [0, 0.1) is 22.7 Å². The quantitative estimate of drug-likeness (QED) is 0.452. The second-order valence-electron chi connectivity index (χ2n) is 2.46. The number of aromatic hydroxyl groups is 1. The van der Waals surface area contributed by atoms with Gasteiger partial charge in [-0.3, -0.25) is 5.43 Å². The minimum Gasteiger partial charge on any atom is -0.506 e. The number of hydrogen-bond acceptors (Lipinski definition) is 5. The van der Waals surface area contributed by atoms with Gasteiger partial charge in [-0.15, -0.1) is 0 Å². The molecule has 0 aromatic heterocycles. The van der Waals surface area contributed by atoms with Crippen molar-refractivity contribution in [3.05, 3.63) is 23.2 Å². The molecule has 0 atom stereocenters. The summed E-state index contributed by atoms with van der Waals surface area (Å²) in [5.41, 5.74) is 2.31. The van der Waals surface area contributed by atoms with Crippen LogP contribution >= 0.6 is 11.6 Å². The van der Waals surface area contributed by atoms with Crippen LogP contribution in [-0.4, -0.2) is 10.8 Å². The maximum atomic E-state index is 9.37. The Morgan fingerprint density at radius 1 is 1.40 bits per heavy atom. The van der Waals surface area contributed by atoms with Gasteiger partial charge >= 0.3 is 0 Å². The van der Waals surface area contributed by atoms with Crippen molar-refractivity contribution in [2.75, 3.05) is 5.43 Å². The first-order valence-corrected chi connectivity index (χ1v) is 4.17. The molecule has 0 saturated carbocycles. The molecule has 0 aliphatic carbocycles. The number of anilines is 1. The number of nitriles is 2. The summed E-state index contributed by atoms with van der Waals surface area (Å²) in [6.07, 6.45) is 0. The molecule has 6 heteroatoms. The molecule has 15 heavy (non-hydrogen) atoms. The Balaban J connectivity index is 2.89. The number of rotatable bonds is 2. The van der Waals surface area contributed by atoms with E-state index in [-0.39, 0.29) is 17.1 Å². The molecule has 0 aliphatic heterocycles. The molecule has 0 bridgehead atoms. The minimum absolute atomic E-state index is 0.110. The highest BCUT2D eigenvalue weighted by molar-refractivity contribution is 6.30. The number of hydrogen-bond donors (Lipinski definition) is 2. The van der Waals surface area contributed by atoms with E-state index in [1.165, 1.54) is 18.2 Å². The monoisotopic (exact) mass is 220 g/mol. The third-order valence-electron chi connectivity index (χ3n) is 1.46. The molecule has 74 valence electrons. The van der Waals surface area contributed by atoms with E-state index in [0.29, 0.717) is 5.02 Å². The standard InChI is InChI=1S/C9H5ClN4O/c10-6-1-2-8(9(15)3-6)14-13-7(4-11)5-12/h1-3,14-15H. The molecule has 1 rings (SSSR count). The zero-order valence-electron chi connectivity index (χ0n) is 7.40. The Morgan fingerprint density at radius 3 is 2.60 bits per heavy atom. The van der Waals surface area contributed by atoms with Crippen LogP contribution in [-0.2, 0) is 0 Å². The molecule has 0 heterocycles. The molecule has 0 spiro atoms. The van der Waals surface area contributed by atoms with E-state index in [9.17, 15) is 5.11 Å². The van der Waals surface area contributed by atoms with Crippen molar-refractivity contribution in [1.82, 2.24) is 0 Å². The summed E-state index contributed by atoms with van der Waals surface area (Å²) in [6.45, 7) is 0. The van der Waals surface area contributed by atoms with E-state index in [4.69, 9.17) is 22.1 Å². The predicted octanol–water partition coefficient (Wildman–Crippen LogP) is 1.86. The van der Waals surface area contributed by atoms with Crippen LogP contribution in [0.1, 0.15) is 0 Å². The molecule has 0 amide bonds. The van der Waals surface area contributed by atoms with Gasteiger partial charge in [0, 0.05) is 11.1 Å². The fourth-order valence-electron chi connectivity index (χ4n) is 0.790. The van der Waals surface area contributed by atoms with E-state index in [2.05, 4.69) is 10.5 Å². The van der Waals surface area contributed by atoms with Gasteiger partial charge in [-0.1, -0.05) is 11.6 Å². The van der Waals surface area contributed by atoms with Crippen LogP contribution in [0.3, 0.4) is 0 Å². The van der Waals surface area contributed by atoms with Gasteiger partial charge in [0.25, 0.3) is 0 Å². The van der Waals surface area contributed by atoms with E-state index in [0.717, 1.165) is 0 Å². The van der Waals surface area contributed by atoms with Crippen LogP contribution in [0.2, 0.25) is 5.02 Å². The van der Waals surface area contributed by atoms with Gasteiger partial charge in [0.05, 0.1) is 5.69 Å². The molecule has 0 saturated heterocycles. The van der Waals surface area contributed by atoms with Gasteiger partial charge in [0.15, 0.2) is 0 Å². The van der Waals surface area contributed by atoms with Gasteiger partial charge in [-0.05, 0) is 12.1 Å². The SMILES string of the molecule is N#CC(C#N)=NNc1ccc(Cl)cc1O. The summed E-state index contributed by atoms with van der Waals surface area (Å²) in [5, 5.41) is 30.0. The minimum atomic E-state index is -0.329. The lowest BCUT2D eigenvalue weighted by Gasteiger charge is -2.02. The normalized spacial score (nSPS) is 8.47. The van der Waals surface area contributed by atoms with Gasteiger partial charge < -0.3 is 5.11 Å². The summed E-state index contributed by atoms with van der Waals surface area (Å²) in [5.74, 6) is -0.110. The number of phenols is 1. The lowest BCUT2D eigenvalue weighted by molar-refractivity contribution is 0.477. The fourth-order valence-corrected chi connectivity index (χ4v) is 0.957. The second-order valence-corrected chi connectivity index (χ2v) is 2.89. The van der Waals surface area contributed by atoms with Crippen LogP contribution in [0.15, 0.2) is 23.3 Å². The number of nitrogens with zero attached hydrogens (tertiary/aromatic N) is 3. The van der Waals surface area contributed by atoms with Crippen molar-refractivity contribution < 1.29 is 5.11 Å². The second kappa shape index (κ2) is 4.85. The zero-order chi connectivity index (χ0) is 11.3. The maximum absolute atomic E-state index is 9.37. The lowest BCUT2D eigenvalue weighted by atomic mass is 10.3. The summed E-state index contributed by atoms with van der Waals surface area (Å²) < 4.78 is 0. The number of phenolic OH excluding ortho intramolecular Hbond substituents is 1. The van der Waals surface area contributed by atoms with Crippen molar-refractivity contribution in [3.8, 4) is 17.9 Å². The topological polar surface area (TPSA) is 92.2 Å². The van der Waals surface area contributed by atoms with Gasteiger partial charge in [-0.2, -0.15) is 15.6 Å². The number of benzene rings is 1. The maximum Gasteiger partial charge on any atom is 0.237 e. The smallest absolute Gasteiger partial charge is 0.237 e. The molecule has 2 N–H and O–H groups in total. The van der Waals surface area contributed by atoms with E-state index < -0.39 is 0 Å². The third kappa shape index (κ3) is 2.87. The Morgan fingerprint density at radius 2 is 2.07 bits per heavy atom. The average Bonchev–Trinajstić information content (AvgIpc) is 2.22. The van der Waals surface area contributed by atoms with Crippen LogP contribution in [0.4, 0.5) is 5.69 Å². The van der Waals surface area contributed by atoms with Crippen molar-refractivity contribution in [1.29, 1.82) is 10.5 Å². The van der Waals surface area contributed by atoms with Crippen molar-refractivity contribution in [2.24, 2.45) is 5.10 Å². The largest absolute Gasteiger partial charge is 0.506 e. The Labute approximate surface area is 90.8 Å². The molecule has 1 aromatic rings. The number of halogens is 1. The molecule has 1 aromatic carbocycles. The van der Waals surface area contributed by atoms with Crippen molar-refractivity contribution >= 4 is 23.0 Å². The van der Waals surface area contributed by atoms with Crippen LogP contribution < -0.4 is 5.43 Å². The van der Waals surface area contributed by atoms with Crippen molar-refractivity contribution in [2.45, 2.75) is 0 Å². The van der Waals surface area contributed by atoms with Gasteiger partial charge in [0.2, 0.25) is 5.71 Å². The van der Waals surface area contributed by atoms with Gasteiger partial charge in [-0.25, -0.2) is 0 Å². The number of hydrazone groups is 1. The van der Waals surface area contributed by atoms with Crippen molar-refractivity contribution in [3.63, 3.8) is 0 Å². The van der Waals surface area contributed by atoms with Crippen LogP contribution in [0.5, 0.6) is 5.75 Å². The lowest BCUT2D eigenvalue weighted by Crippen LogP contribution is -1.96. The van der Waals surface area contributed by atoms with E-state index in [1.807, 2.05) is 0 Å².